The summed E-state index contributed by atoms with van der Waals surface area (Å²) in [6, 6.07) is 9.23. The Labute approximate surface area is 152 Å². The van der Waals surface area contributed by atoms with Crippen LogP contribution in [0.25, 0.3) is 0 Å². The highest BCUT2D eigenvalue weighted by Gasteiger charge is 2.42. The zero-order chi connectivity index (χ0) is 17.2. The van der Waals surface area contributed by atoms with Crippen LogP contribution in [0.3, 0.4) is 0 Å². The average molecular weight is 359 g/mol. The van der Waals surface area contributed by atoms with E-state index in [1.807, 2.05) is 11.8 Å². The van der Waals surface area contributed by atoms with Gasteiger partial charge in [-0.1, -0.05) is 30.7 Å². The molecule has 3 N–H and O–H groups in total. The molecule has 0 radical (unpaired) electrons. The molecule has 0 unspecified atom stereocenters. The van der Waals surface area contributed by atoms with Crippen molar-refractivity contribution in [2.45, 2.75) is 61.9 Å². The molecule has 2 fully saturated rings. The van der Waals surface area contributed by atoms with Crippen molar-refractivity contribution in [3.05, 3.63) is 35.4 Å². The molecule has 2 heterocycles. The van der Waals surface area contributed by atoms with E-state index in [0.29, 0.717) is 11.7 Å². The van der Waals surface area contributed by atoms with Crippen molar-refractivity contribution in [1.29, 1.82) is 0 Å². The second-order valence-corrected chi connectivity index (χ2v) is 8.58. The van der Waals surface area contributed by atoms with Crippen molar-refractivity contribution in [3.8, 4) is 0 Å². The lowest BCUT2D eigenvalue weighted by Gasteiger charge is -2.16. The number of urea groups is 1. The molecule has 2 saturated heterocycles. The van der Waals surface area contributed by atoms with E-state index in [2.05, 4.69) is 40.2 Å². The molecular weight excluding hydrogens is 334 g/mol. The number of amides is 3. The molecule has 1 aliphatic carbocycles. The first-order valence-corrected chi connectivity index (χ1v) is 10.3. The summed E-state index contributed by atoms with van der Waals surface area (Å²) in [5.41, 5.74) is 2.74. The van der Waals surface area contributed by atoms with Crippen LogP contribution in [-0.4, -0.2) is 41.1 Å². The van der Waals surface area contributed by atoms with Gasteiger partial charge in [-0.2, -0.15) is 11.8 Å². The van der Waals surface area contributed by atoms with E-state index in [-0.39, 0.29) is 30.1 Å². The van der Waals surface area contributed by atoms with Gasteiger partial charge in [0.25, 0.3) is 0 Å². The van der Waals surface area contributed by atoms with Gasteiger partial charge in [0.1, 0.15) is 0 Å². The lowest BCUT2D eigenvalue weighted by molar-refractivity contribution is -0.121. The molecule has 25 heavy (non-hydrogen) atoms. The summed E-state index contributed by atoms with van der Waals surface area (Å²) in [5, 5.41) is 9.66. The van der Waals surface area contributed by atoms with Gasteiger partial charge >= 0.3 is 6.03 Å². The zero-order valence-electron chi connectivity index (χ0n) is 14.3. The van der Waals surface area contributed by atoms with E-state index >= 15 is 0 Å². The zero-order valence-corrected chi connectivity index (χ0v) is 15.1. The molecular formula is C19H25N3O2S. The van der Waals surface area contributed by atoms with Gasteiger partial charge in [-0.15, -0.1) is 0 Å². The van der Waals surface area contributed by atoms with Gasteiger partial charge < -0.3 is 16.0 Å². The molecule has 4 rings (SSSR count). The van der Waals surface area contributed by atoms with E-state index in [4.69, 9.17) is 0 Å². The number of carbonyl (C=O) groups excluding carboxylic acids is 2. The first-order valence-electron chi connectivity index (χ1n) is 9.24. The second kappa shape index (κ2) is 7.28. The maximum atomic E-state index is 12.2. The van der Waals surface area contributed by atoms with E-state index in [0.717, 1.165) is 37.9 Å². The van der Waals surface area contributed by atoms with Crippen molar-refractivity contribution in [1.82, 2.24) is 16.0 Å². The molecule has 5 nitrogen and oxygen atoms in total. The van der Waals surface area contributed by atoms with Crippen LogP contribution in [-0.2, 0) is 17.6 Å². The first kappa shape index (κ1) is 16.8. The standard InChI is InChI=1S/C19H25N3O2S/c23-17(20-14-9-12-5-1-2-6-13(12)10-14)8-4-3-7-16-18-15(11-25-16)21-19(24)22-18/h1-2,5-6,14-16,18H,3-4,7-11H2,(H,20,23)(H2,21,22,24)/t15-,16-,18+/m0/s1. The molecule has 0 bridgehead atoms. The first-order chi connectivity index (χ1) is 12.2. The summed E-state index contributed by atoms with van der Waals surface area (Å²) in [7, 11) is 0. The number of rotatable bonds is 6. The maximum absolute atomic E-state index is 12.2. The Morgan fingerprint density at radius 3 is 2.68 bits per heavy atom. The number of benzene rings is 1. The van der Waals surface area contributed by atoms with Crippen molar-refractivity contribution < 1.29 is 9.59 Å². The Hall–Kier alpha value is -1.69. The van der Waals surface area contributed by atoms with Crippen LogP contribution in [0.5, 0.6) is 0 Å². The average Bonchev–Trinajstić information content (AvgIpc) is 3.25. The lowest BCUT2D eigenvalue weighted by Crippen LogP contribution is -2.37. The van der Waals surface area contributed by atoms with Gasteiger partial charge in [0, 0.05) is 23.5 Å². The minimum atomic E-state index is -0.0303. The Kier molecular flexibility index (Phi) is 4.88. The number of carbonyl (C=O) groups is 2. The number of hydrogen-bond acceptors (Lipinski definition) is 3. The molecule has 0 saturated carbocycles. The third kappa shape index (κ3) is 3.78. The highest BCUT2D eigenvalue weighted by Crippen LogP contribution is 2.33. The fourth-order valence-corrected chi connectivity index (χ4v) is 5.78. The van der Waals surface area contributed by atoms with Gasteiger partial charge in [0.05, 0.1) is 12.1 Å². The van der Waals surface area contributed by atoms with Crippen LogP contribution in [0.1, 0.15) is 36.8 Å². The van der Waals surface area contributed by atoms with Crippen LogP contribution in [0.4, 0.5) is 4.79 Å². The van der Waals surface area contributed by atoms with Crippen molar-refractivity contribution >= 4 is 23.7 Å². The minimum Gasteiger partial charge on any atom is -0.353 e. The van der Waals surface area contributed by atoms with E-state index in [1.165, 1.54) is 11.1 Å². The Bertz CT molecular complexity index is 641. The molecule has 3 atom stereocenters. The highest BCUT2D eigenvalue weighted by atomic mass is 32.2. The van der Waals surface area contributed by atoms with E-state index in [1.54, 1.807) is 0 Å². The molecule has 3 amide bonds. The van der Waals surface area contributed by atoms with Gasteiger partial charge in [0.15, 0.2) is 0 Å². The molecule has 1 aromatic rings. The second-order valence-electron chi connectivity index (χ2n) is 7.31. The van der Waals surface area contributed by atoms with Gasteiger partial charge in [-0.3, -0.25) is 4.79 Å². The summed E-state index contributed by atoms with van der Waals surface area (Å²) >= 11 is 1.94. The number of hydrogen-bond donors (Lipinski definition) is 3. The van der Waals surface area contributed by atoms with Crippen LogP contribution in [0.2, 0.25) is 0 Å². The third-order valence-corrected chi connectivity index (χ3v) is 7.01. The van der Waals surface area contributed by atoms with Crippen LogP contribution < -0.4 is 16.0 Å². The quantitative estimate of drug-likeness (QED) is 0.537. The van der Waals surface area contributed by atoms with E-state index in [9.17, 15) is 9.59 Å². The fourth-order valence-electron chi connectivity index (χ4n) is 4.23. The van der Waals surface area contributed by atoms with Gasteiger partial charge in [-0.25, -0.2) is 4.79 Å². The van der Waals surface area contributed by atoms with Gasteiger partial charge in [-0.05, 0) is 36.8 Å². The molecule has 6 heteroatoms. The predicted molar refractivity (Wildman–Crippen MR) is 99.7 cm³/mol. The van der Waals surface area contributed by atoms with E-state index < -0.39 is 0 Å². The normalized spacial score (nSPS) is 27.5. The largest absolute Gasteiger partial charge is 0.353 e. The molecule has 3 aliphatic rings. The highest BCUT2D eigenvalue weighted by molar-refractivity contribution is 8.00. The summed E-state index contributed by atoms with van der Waals surface area (Å²) in [6.45, 7) is 0. The van der Waals surface area contributed by atoms with Crippen LogP contribution >= 0.6 is 11.8 Å². The van der Waals surface area contributed by atoms with Gasteiger partial charge in [0.2, 0.25) is 5.91 Å². The Balaban J connectivity index is 1.14. The maximum Gasteiger partial charge on any atom is 0.315 e. The Morgan fingerprint density at radius 1 is 1.16 bits per heavy atom. The molecule has 0 spiro atoms. The van der Waals surface area contributed by atoms with Crippen molar-refractivity contribution in [2.24, 2.45) is 0 Å². The number of fused-ring (bicyclic) bond motifs is 2. The SMILES string of the molecule is O=C(CCCC[C@@H]1SC[C@@H]2NC(=O)N[C@H]21)NC1Cc2ccccc2C1. The van der Waals surface area contributed by atoms with Crippen molar-refractivity contribution in [3.63, 3.8) is 0 Å². The number of nitrogens with one attached hydrogen (secondary N) is 3. The predicted octanol–water partition coefficient (Wildman–Crippen LogP) is 2.00. The van der Waals surface area contributed by atoms with Crippen LogP contribution in [0.15, 0.2) is 24.3 Å². The van der Waals surface area contributed by atoms with Crippen LogP contribution in [0, 0.1) is 0 Å². The lowest BCUT2D eigenvalue weighted by atomic mass is 10.0. The molecule has 1 aromatic carbocycles. The summed E-state index contributed by atoms with van der Waals surface area (Å²) in [4.78, 5) is 23.6. The molecule has 134 valence electrons. The molecule has 2 aliphatic heterocycles. The Morgan fingerprint density at radius 2 is 1.92 bits per heavy atom. The topological polar surface area (TPSA) is 70.2 Å². The number of thioether (sulfide) groups is 1. The monoisotopic (exact) mass is 359 g/mol. The third-order valence-electron chi connectivity index (χ3n) is 5.50. The summed E-state index contributed by atoms with van der Waals surface area (Å²) in [5.74, 6) is 1.17. The smallest absolute Gasteiger partial charge is 0.315 e. The summed E-state index contributed by atoms with van der Waals surface area (Å²) < 4.78 is 0. The van der Waals surface area contributed by atoms with Crippen molar-refractivity contribution in [2.75, 3.05) is 5.75 Å². The summed E-state index contributed by atoms with van der Waals surface area (Å²) in [6.07, 6.45) is 5.53. The molecule has 0 aromatic heterocycles. The fraction of sp³-hybridized carbons (Fsp3) is 0.579. The number of unbranched alkanes of at least 4 members (excludes halogenated alkanes) is 1. The minimum absolute atomic E-state index is 0.0303.